The molecule has 1 heterocycles. The standard InChI is InChI=1S/C12H20N4O3/c1-12(2,3)9(5-10(17)18)15-11(19)14-8-6-13-16(4)7-8/h6-7,9H,5H2,1-4H3,(H,17,18)(H2,14,15,19). The zero-order chi connectivity index (χ0) is 14.6. The molecular formula is C12H20N4O3. The number of aryl methyl sites for hydroxylation is 1. The highest BCUT2D eigenvalue weighted by atomic mass is 16.4. The molecule has 0 fully saturated rings. The first-order valence-electron chi connectivity index (χ1n) is 5.96. The lowest BCUT2D eigenvalue weighted by molar-refractivity contribution is -0.138. The number of rotatable bonds is 4. The van der Waals surface area contributed by atoms with Crippen molar-refractivity contribution in [1.29, 1.82) is 0 Å². The van der Waals surface area contributed by atoms with E-state index >= 15 is 0 Å². The highest BCUT2D eigenvalue weighted by molar-refractivity contribution is 5.89. The van der Waals surface area contributed by atoms with E-state index in [9.17, 15) is 9.59 Å². The van der Waals surface area contributed by atoms with E-state index in [1.807, 2.05) is 20.8 Å². The summed E-state index contributed by atoms with van der Waals surface area (Å²) < 4.78 is 1.56. The zero-order valence-electron chi connectivity index (χ0n) is 11.6. The van der Waals surface area contributed by atoms with E-state index in [-0.39, 0.29) is 11.8 Å². The molecule has 7 heteroatoms. The van der Waals surface area contributed by atoms with Gasteiger partial charge in [0.25, 0.3) is 0 Å². The molecule has 0 bridgehead atoms. The highest BCUT2D eigenvalue weighted by Gasteiger charge is 2.28. The summed E-state index contributed by atoms with van der Waals surface area (Å²) in [5, 5.41) is 18.1. The molecule has 7 nitrogen and oxygen atoms in total. The predicted octanol–water partition coefficient (Wildman–Crippen LogP) is 1.43. The van der Waals surface area contributed by atoms with Crippen molar-refractivity contribution in [2.75, 3.05) is 5.32 Å². The SMILES string of the molecule is Cn1cc(NC(=O)NC(CC(=O)O)C(C)(C)C)cn1. The third-order valence-corrected chi connectivity index (χ3v) is 2.69. The van der Waals surface area contributed by atoms with Crippen LogP contribution in [0.3, 0.4) is 0 Å². The number of carboxylic acids is 1. The average Bonchev–Trinajstić information content (AvgIpc) is 2.60. The van der Waals surface area contributed by atoms with Crippen LogP contribution in [0, 0.1) is 5.41 Å². The van der Waals surface area contributed by atoms with Crippen molar-refractivity contribution in [3.8, 4) is 0 Å². The van der Waals surface area contributed by atoms with Crippen LogP contribution in [0.4, 0.5) is 10.5 Å². The molecule has 0 aliphatic carbocycles. The average molecular weight is 268 g/mol. The third-order valence-electron chi connectivity index (χ3n) is 2.69. The molecule has 1 aromatic heterocycles. The molecule has 0 radical (unpaired) electrons. The number of aromatic nitrogens is 2. The van der Waals surface area contributed by atoms with E-state index < -0.39 is 18.0 Å². The minimum Gasteiger partial charge on any atom is -0.481 e. The van der Waals surface area contributed by atoms with Crippen molar-refractivity contribution in [3.63, 3.8) is 0 Å². The molecule has 19 heavy (non-hydrogen) atoms. The van der Waals surface area contributed by atoms with Crippen LogP contribution >= 0.6 is 0 Å². The van der Waals surface area contributed by atoms with Gasteiger partial charge < -0.3 is 15.7 Å². The number of urea groups is 1. The van der Waals surface area contributed by atoms with Crippen molar-refractivity contribution >= 4 is 17.7 Å². The van der Waals surface area contributed by atoms with Crippen LogP contribution in [0.2, 0.25) is 0 Å². The van der Waals surface area contributed by atoms with Gasteiger partial charge in [0.05, 0.1) is 18.3 Å². The van der Waals surface area contributed by atoms with Crippen LogP contribution < -0.4 is 10.6 Å². The smallest absolute Gasteiger partial charge is 0.319 e. The lowest BCUT2D eigenvalue weighted by Crippen LogP contribution is -2.46. The molecule has 0 aromatic carbocycles. The van der Waals surface area contributed by atoms with Gasteiger partial charge in [-0.15, -0.1) is 0 Å². The maximum Gasteiger partial charge on any atom is 0.319 e. The first-order chi connectivity index (χ1) is 8.68. The van der Waals surface area contributed by atoms with Crippen LogP contribution in [0.15, 0.2) is 12.4 Å². The Morgan fingerprint density at radius 2 is 2.11 bits per heavy atom. The Bertz CT molecular complexity index is 462. The Morgan fingerprint density at radius 3 is 2.53 bits per heavy atom. The Balaban J connectivity index is 2.63. The molecule has 0 saturated heterocycles. The van der Waals surface area contributed by atoms with Crippen molar-refractivity contribution < 1.29 is 14.7 Å². The summed E-state index contributed by atoms with van der Waals surface area (Å²) in [7, 11) is 1.74. The van der Waals surface area contributed by atoms with Gasteiger partial charge in [-0.05, 0) is 5.41 Å². The van der Waals surface area contributed by atoms with Crippen molar-refractivity contribution in [2.24, 2.45) is 12.5 Å². The molecule has 0 spiro atoms. The number of nitrogens with zero attached hydrogens (tertiary/aromatic N) is 2. The zero-order valence-corrected chi connectivity index (χ0v) is 11.6. The summed E-state index contributed by atoms with van der Waals surface area (Å²) in [4.78, 5) is 22.6. The van der Waals surface area contributed by atoms with Crippen molar-refractivity contribution in [2.45, 2.75) is 33.2 Å². The molecule has 1 rings (SSSR count). The van der Waals surface area contributed by atoms with Gasteiger partial charge >= 0.3 is 12.0 Å². The molecule has 1 unspecified atom stereocenters. The largest absolute Gasteiger partial charge is 0.481 e. The van der Waals surface area contributed by atoms with Gasteiger partial charge in [0.1, 0.15) is 0 Å². The van der Waals surface area contributed by atoms with Gasteiger partial charge in [0, 0.05) is 19.3 Å². The van der Waals surface area contributed by atoms with Gasteiger partial charge in [-0.25, -0.2) is 4.79 Å². The van der Waals surface area contributed by atoms with Gasteiger partial charge in [-0.1, -0.05) is 20.8 Å². The lowest BCUT2D eigenvalue weighted by atomic mass is 9.85. The van der Waals surface area contributed by atoms with E-state index in [0.717, 1.165) is 0 Å². The van der Waals surface area contributed by atoms with E-state index in [2.05, 4.69) is 15.7 Å². The van der Waals surface area contributed by atoms with E-state index in [1.54, 1.807) is 17.9 Å². The molecule has 0 aliphatic rings. The first-order valence-corrected chi connectivity index (χ1v) is 5.96. The topological polar surface area (TPSA) is 96.2 Å². The molecule has 106 valence electrons. The summed E-state index contributed by atoms with van der Waals surface area (Å²) in [6, 6.07) is -0.893. The van der Waals surface area contributed by atoms with Gasteiger partial charge in [0.2, 0.25) is 0 Å². The number of hydrogen-bond donors (Lipinski definition) is 3. The number of aliphatic carboxylic acids is 1. The van der Waals surface area contributed by atoms with Gasteiger partial charge in [0.15, 0.2) is 0 Å². The second-order valence-corrected chi connectivity index (χ2v) is 5.52. The second kappa shape index (κ2) is 5.73. The van der Waals surface area contributed by atoms with Crippen molar-refractivity contribution in [3.05, 3.63) is 12.4 Å². The summed E-state index contributed by atoms with van der Waals surface area (Å²) in [6.07, 6.45) is 3.05. The van der Waals surface area contributed by atoms with E-state index in [4.69, 9.17) is 5.11 Å². The fourth-order valence-corrected chi connectivity index (χ4v) is 1.56. The molecule has 3 N–H and O–H groups in total. The maximum atomic E-state index is 11.8. The normalized spacial score (nSPS) is 12.8. The highest BCUT2D eigenvalue weighted by Crippen LogP contribution is 2.22. The number of carbonyl (C=O) groups is 2. The van der Waals surface area contributed by atoms with Crippen LogP contribution in [-0.4, -0.2) is 32.9 Å². The summed E-state index contributed by atoms with van der Waals surface area (Å²) in [5.74, 6) is -0.943. The molecule has 0 saturated carbocycles. The Labute approximate surface area is 112 Å². The minimum atomic E-state index is -0.943. The summed E-state index contributed by atoms with van der Waals surface area (Å²) >= 11 is 0. The molecule has 1 atom stereocenters. The van der Waals surface area contributed by atoms with Crippen LogP contribution in [0.5, 0.6) is 0 Å². The molecule has 1 aromatic rings. The number of carboxylic acid groups (broad SMARTS) is 1. The Kier molecular flexibility index (Phi) is 4.52. The molecule has 0 aliphatic heterocycles. The van der Waals surface area contributed by atoms with Crippen molar-refractivity contribution in [1.82, 2.24) is 15.1 Å². The number of hydrogen-bond acceptors (Lipinski definition) is 3. The number of anilines is 1. The molecular weight excluding hydrogens is 248 g/mol. The molecule has 2 amide bonds. The fourth-order valence-electron chi connectivity index (χ4n) is 1.56. The predicted molar refractivity (Wildman–Crippen MR) is 70.9 cm³/mol. The minimum absolute atomic E-state index is 0.121. The van der Waals surface area contributed by atoms with E-state index in [1.165, 1.54) is 6.20 Å². The Hall–Kier alpha value is -2.05. The monoisotopic (exact) mass is 268 g/mol. The summed E-state index contributed by atoms with van der Waals surface area (Å²) in [6.45, 7) is 5.64. The van der Waals surface area contributed by atoms with Crippen LogP contribution in [0.25, 0.3) is 0 Å². The lowest BCUT2D eigenvalue weighted by Gasteiger charge is -2.30. The third kappa shape index (κ3) is 4.99. The number of amides is 2. The Morgan fingerprint density at radius 1 is 1.47 bits per heavy atom. The van der Waals surface area contributed by atoms with Crippen LogP contribution in [0.1, 0.15) is 27.2 Å². The van der Waals surface area contributed by atoms with Gasteiger partial charge in [-0.3, -0.25) is 9.48 Å². The fraction of sp³-hybridized carbons (Fsp3) is 0.583. The number of nitrogens with one attached hydrogen (secondary N) is 2. The first kappa shape index (κ1) is 15.0. The second-order valence-electron chi connectivity index (χ2n) is 5.52. The number of carbonyl (C=O) groups excluding carboxylic acids is 1. The summed E-state index contributed by atoms with van der Waals surface area (Å²) in [5.41, 5.74) is 0.216. The maximum absolute atomic E-state index is 11.8. The van der Waals surface area contributed by atoms with E-state index in [0.29, 0.717) is 5.69 Å². The van der Waals surface area contributed by atoms with Crippen LogP contribution in [-0.2, 0) is 11.8 Å². The van der Waals surface area contributed by atoms with Gasteiger partial charge in [-0.2, -0.15) is 5.10 Å². The quantitative estimate of drug-likeness (QED) is 0.769.